The van der Waals surface area contributed by atoms with Crippen LogP contribution in [0.2, 0.25) is 0 Å². The predicted molar refractivity (Wildman–Crippen MR) is 90.2 cm³/mol. The van der Waals surface area contributed by atoms with E-state index in [4.69, 9.17) is 10.2 Å². The van der Waals surface area contributed by atoms with Gasteiger partial charge in [0.05, 0.1) is 31.1 Å². The second-order valence-electron chi connectivity index (χ2n) is 6.41. The normalized spacial score (nSPS) is 14.2. The Balaban J connectivity index is 0.000000254. The number of aliphatic hydroxyl groups excluding tert-OH is 2. The molecule has 0 aromatic carbocycles. The number of carbonyl (C=O) groups excluding carboxylic acids is 2. The molecule has 1 fully saturated rings. The van der Waals surface area contributed by atoms with Crippen molar-refractivity contribution in [1.29, 1.82) is 0 Å². The van der Waals surface area contributed by atoms with Crippen molar-refractivity contribution in [3.05, 3.63) is 12.4 Å². The minimum atomic E-state index is -0.275. The number of aliphatic hydroxyl groups is 2. The zero-order valence-corrected chi connectivity index (χ0v) is 14.8. The Hall–Kier alpha value is -1.93. The molecular formula is C16H28N4O4. The zero-order chi connectivity index (χ0) is 18.3. The highest BCUT2D eigenvalue weighted by Crippen LogP contribution is 2.11. The van der Waals surface area contributed by atoms with Crippen molar-refractivity contribution >= 4 is 17.5 Å². The van der Waals surface area contributed by atoms with Gasteiger partial charge in [0.25, 0.3) is 0 Å². The highest BCUT2D eigenvalue weighted by Gasteiger charge is 2.29. The summed E-state index contributed by atoms with van der Waals surface area (Å²) in [6.07, 6.45) is 2.98. The Morgan fingerprint density at radius 3 is 2.38 bits per heavy atom. The van der Waals surface area contributed by atoms with Crippen LogP contribution in [0.15, 0.2) is 12.4 Å². The molecule has 1 saturated heterocycles. The Morgan fingerprint density at radius 1 is 1.29 bits per heavy atom. The lowest BCUT2D eigenvalue weighted by Crippen LogP contribution is -2.54. The summed E-state index contributed by atoms with van der Waals surface area (Å²) in [4.78, 5) is 24.0. The molecule has 0 spiro atoms. The number of carbonyl (C=O) groups is 2. The molecule has 24 heavy (non-hydrogen) atoms. The Kier molecular flexibility index (Phi) is 7.87. The van der Waals surface area contributed by atoms with Crippen LogP contribution in [0.3, 0.4) is 0 Å². The number of rotatable bonds is 5. The summed E-state index contributed by atoms with van der Waals surface area (Å²) in [5.41, 5.74) is 0.664. The Morgan fingerprint density at radius 2 is 1.92 bits per heavy atom. The number of aromatic nitrogens is 2. The highest BCUT2D eigenvalue weighted by atomic mass is 16.3. The first kappa shape index (κ1) is 20.1. The molecular weight excluding hydrogens is 312 g/mol. The number of hydrogen-bond acceptors (Lipinski definition) is 5. The number of likely N-dealkylation sites (tertiary alicyclic amines) is 1. The van der Waals surface area contributed by atoms with Crippen LogP contribution in [0, 0.1) is 11.8 Å². The van der Waals surface area contributed by atoms with Crippen LogP contribution in [0.5, 0.6) is 0 Å². The Bertz CT molecular complexity index is 536. The van der Waals surface area contributed by atoms with E-state index in [0.29, 0.717) is 25.3 Å². The van der Waals surface area contributed by atoms with Crippen LogP contribution in [0.1, 0.15) is 27.7 Å². The largest absolute Gasteiger partial charge is 0.394 e. The molecule has 136 valence electrons. The minimum Gasteiger partial charge on any atom is -0.394 e. The van der Waals surface area contributed by atoms with Crippen molar-refractivity contribution in [3.63, 3.8) is 0 Å². The molecule has 0 saturated carbocycles. The maximum absolute atomic E-state index is 11.3. The van der Waals surface area contributed by atoms with Gasteiger partial charge in [-0.25, -0.2) is 0 Å². The number of hydrogen-bond donors (Lipinski definition) is 3. The van der Waals surface area contributed by atoms with Gasteiger partial charge in [-0.15, -0.1) is 0 Å². The van der Waals surface area contributed by atoms with Gasteiger partial charge in [-0.1, -0.05) is 27.7 Å². The second-order valence-corrected chi connectivity index (χ2v) is 6.41. The summed E-state index contributed by atoms with van der Waals surface area (Å²) in [6.45, 7) is 8.92. The van der Waals surface area contributed by atoms with Gasteiger partial charge >= 0.3 is 0 Å². The van der Waals surface area contributed by atoms with Crippen molar-refractivity contribution in [1.82, 2.24) is 14.7 Å². The molecule has 0 radical (unpaired) electrons. The second kappa shape index (κ2) is 9.39. The summed E-state index contributed by atoms with van der Waals surface area (Å²) < 4.78 is 1.58. The van der Waals surface area contributed by atoms with Crippen molar-refractivity contribution in [2.24, 2.45) is 11.8 Å². The van der Waals surface area contributed by atoms with Crippen LogP contribution < -0.4 is 5.32 Å². The number of anilines is 1. The van der Waals surface area contributed by atoms with E-state index in [9.17, 15) is 9.59 Å². The molecule has 1 aliphatic heterocycles. The first-order chi connectivity index (χ1) is 11.2. The van der Waals surface area contributed by atoms with E-state index in [-0.39, 0.29) is 36.4 Å². The van der Waals surface area contributed by atoms with Crippen LogP contribution in [0.25, 0.3) is 0 Å². The van der Waals surface area contributed by atoms with Crippen molar-refractivity contribution in [2.75, 3.05) is 25.0 Å². The maximum atomic E-state index is 11.3. The van der Waals surface area contributed by atoms with Gasteiger partial charge in [-0.2, -0.15) is 5.10 Å². The third-order valence-electron chi connectivity index (χ3n) is 3.42. The zero-order valence-electron chi connectivity index (χ0n) is 14.8. The van der Waals surface area contributed by atoms with Crippen molar-refractivity contribution < 1.29 is 19.8 Å². The third kappa shape index (κ3) is 6.29. The number of amides is 2. The SMILES string of the molecule is CC(C)C(=O)N1CC(O)C1.CC(C)C(=O)Nc1cnn(CCO)c1. The summed E-state index contributed by atoms with van der Waals surface area (Å²) in [6, 6.07) is 0. The number of nitrogens with one attached hydrogen (secondary N) is 1. The van der Waals surface area contributed by atoms with Crippen LogP contribution >= 0.6 is 0 Å². The highest BCUT2D eigenvalue weighted by molar-refractivity contribution is 5.91. The van der Waals surface area contributed by atoms with Gasteiger partial charge in [0.15, 0.2) is 0 Å². The van der Waals surface area contributed by atoms with Gasteiger partial charge in [0.1, 0.15) is 0 Å². The summed E-state index contributed by atoms with van der Waals surface area (Å²) >= 11 is 0. The molecule has 8 heteroatoms. The lowest BCUT2D eigenvalue weighted by atomic mass is 10.1. The predicted octanol–water partition coefficient (Wildman–Crippen LogP) is 0.315. The van der Waals surface area contributed by atoms with Gasteiger partial charge in [0, 0.05) is 31.1 Å². The monoisotopic (exact) mass is 340 g/mol. The molecule has 2 rings (SSSR count). The van der Waals surface area contributed by atoms with Crippen LogP contribution in [-0.2, 0) is 16.1 Å². The number of β-amino-alcohol motifs (C(OH)–C–C–N with tert-alkyl or cyclic N) is 1. The first-order valence-electron chi connectivity index (χ1n) is 8.15. The summed E-state index contributed by atoms with van der Waals surface area (Å²) in [5.74, 6) is 0.127. The fraction of sp³-hybridized carbons (Fsp3) is 0.688. The minimum absolute atomic E-state index is 0.0338. The maximum Gasteiger partial charge on any atom is 0.227 e. The van der Waals surface area contributed by atoms with Gasteiger partial charge < -0.3 is 20.4 Å². The first-order valence-corrected chi connectivity index (χ1v) is 8.15. The van der Waals surface area contributed by atoms with Crippen LogP contribution in [-0.4, -0.2) is 62.5 Å². The fourth-order valence-electron chi connectivity index (χ4n) is 1.94. The summed E-state index contributed by atoms with van der Waals surface area (Å²) in [5, 5.41) is 24.2. The van der Waals surface area contributed by atoms with Gasteiger partial charge in [0.2, 0.25) is 11.8 Å². The molecule has 1 aromatic rings. The van der Waals surface area contributed by atoms with Gasteiger partial charge in [-0.3, -0.25) is 14.3 Å². The topological polar surface area (TPSA) is 108 Å². The van der Waals surface area contributed by atoms with E-state index in [0.717, 1.165) is 0 Å². The molecule has 1 aliphatic rings. The molecule has 3 N–H and O–H groups in total. The molecule has 2 heterocycles. The van der Waals surface area contributed by atoms with E-state index in [1.54, 1.807) is 22.0 Å². The molecule has 0 aliphatic carbocycles. The van der Waals surface area contributed by atoms with E-state index in [1.807, 2.05) is 27.7 Å². The number of nitrogens with zero attached hydrogens (tertiary/aromatic N) is 3. The molecule has 2 amide bonds. The average Bonchev–Trinajstić information content (AvgIpc) is 2.91. The molecule has 1 aromatic heterocycles. The third-order valence-corrected chi connectivity index (χ3v) is 3.42. The average molecular weight is 340 g/mol. The van der Waals surface area contributed by atoms with E-state index in [1.165, 1.54) is 0 Å². The standard InChI is InChI=1S/C9H15N3O2.C7H13NO2/c1-7(2)9(14)11-8-5-10-12(6-8)3-4-13;1-5(2)7(10)8-3-6(9)4-8/h5-7,13H,3-4H2,1-2H3,(H,11,14);5-6,9H,3-4H2,1-2H3. The quantitative estimate of drug-likeness (QED) is 0.715. The molecule has 8 nitrogen and oxygen atoms in total. The molecule has 0 bridgehead atoms. The molecule has 0 atom stereocenters. The van der Waals surface area contributed by atoms with Crippen LogP contribution in [0.4, 0.5) is 5.69 Å². The summed E-state index contributed by atoms with van der Waals surface area (Å²) in [7, 11) is 0. The lowest BCUT2D eigenvalue weighted by molar-refractivity contribution is -0.144. The Labute approximate surface area is 142 Å². The van der Waals surface area contributed by atoms with E-state index >= 15 is 0 Å². The van der Waals surface area contributed by atoms with Gasteiger partial charge in [-0.05, 0) is 0 Å². The van der Waals surface area contributed by atoms with E-state index in [2.05, 4.69) is 10.4 Å². The smallest absolute Gasteiger partial charge is 0.227 e. The lowest BCUT2D eigenvalue weighted by Gasteiger charge is -2.36. The van der Waals surface area contributed by atoms with E-state index < -0.39 is 0 Å². The van der Waals surface area contributed by atoms with Crippen molar-refractivity contribution in [2.45, 2.75) is 40.3 Å². The molecule has 0 unspecified atom stereocenters. The van der Waals surface area contributed by atoms with Crippen molar-refractivity contribution in [3.8, 4) is 0 Å². The fourth-order valence-corrected chi connectivity index (χ4v) is 1.94.